The van der Waals surface area contributed by atoms with Crippen LogP contribution in [0.15, 0.2) is 205 Å². The van der Waals surface area contributed by atoms with Crippen molar-refractivity contribution in [1.29, 1.82) is 0 Å². The summed E-state index contributed by atoms with van der Waals surface area (Å²) in [5, 5.41) is 2.11. The number of aromatic nitrogens is 3. The molecule has 10 aromatic rings. The molecule has 4 nitrogen and oxygen atoms in total. The maximum absolute atomic E-state index is 6.56. The molecule has 2 heterocycles. The maximum Gasteiger partial charge on any atom is 0.164 e. The van der Waals surface area contributed by atoms with Crippen molar-refractivity contribution in [1.82, 2.24) is 15.0 Å². The van der Waals surface area contributed by atoms with Crippen molar-refractivity contribution >= 4 is 21.9 Å². The Morgan fingerprint density at radius 2 is 0.857 bits per heavy atom. The lowest BCUT2D eigenvalue weighted by atomic mass is 9.67. The highest BCUT2D eigenvalue weighted by atomic mass is 16.3. The highest BCUT2D eigenvalue weighted by Crippen LogP contribution is 2.58. The molecule has 2 aromatic heterocycles. The fraction of sp³-hybridized carbons (Fsp3) is 0.0192. The Bertz CT molecular complexity index is 2970. The third-order valence-corrected chi connectivity index (χ3v) is 11.2. The van der Waals surface area contributed by atoms with Crippen LogP contribution in [-0.4, -0.2) is 15.0 Å². The maximum atomic E-state index is 6.56. The summed E-state index contributed by atoms with van der Waals surface area (Å²) in [6, 6.07) is 70.6. The van der Waals surface area contributed by atoms with E-state index in [-0.39, 0.29) is 0 Å². The summed E-state index contributed by atoms with van der Waals surface area (Å²) in [7, 11) is 0. The first-order chi connectivity index (χ1) is 27.8. The van der Waals surface area contributed by atoms with Crippen LogP contribution in [-0.2, 0) is 5.41 Å². The van der Waals surface area contributed by atoms with Crippen LogP contribution < -0.4 is 0 Å². The van der Waals surface area contributed by atoms with Crippen LogP contribution in [0.1, 0.15) is 22.3 Å². The van der Waals surface area contributed by atoms with Crippen LogP contribution in [0.5, 0.6) is 0 Å². The predicted octanol–water partition coefficient (Wildman–Crippen LogP) is 12.8. The Kier molecular flexibility index (Phi) is 7.36. The molecule has 0 saturated carbocycles. The molecular weight excluding hydrogens is 683 g/mol. The highest BCUT2D eigenvalue weighted by molar-refractivity contribution is 6.08. The SMILES string of the molecule is c1ccc(-c2nc(-c3ccccc3)nc(-c3ccc4c(c3)oc3ccc(-c5cccc6c5-c5ccccc5C6(c5ccccc5)c5ccccc5)cc34)n2)cc1. The van der Waals surface area contributed by atoms with E-state index < -0.39 is 5.41 Å². The van der Waals surface area contributed by atoms with Gasteiger partial charge in [-0.05, 0) is 68.8 Å². The van der Waals surface area contributed by atoms with E-state index in [1.807, 2.05) is 60.7 Å². The summed E-state index contributed by atoms with van der Waals surface area (Å²) in [6.45, 7) is 0. The summed E-state index contributed by atoms with van der Waals surface area (Å²) >= 11 is 0. The topological polar surface area (TPSA) is 51.8 Å². The van der Waals surface area contributed by atoms with Gasteiger partial charge in [-0.25, -0.2) is 15.0 Å². The van der Waals surface area contributed by atoms with Crippen LogP contribution in [0, 0.1) is 0 Å². The first kappa shape index (κ1) is 32.0. The zero-order chi connectivity index (χ0) is 37.1. The van der Waals surface area contributed by atoms with E-state index in [2.05, 4.69) is 140 Å². The molecule has 0 radical (unpaired) electrons. The number of hydrogen-bond donors (Lipinski definition) is 0. The molecule has 0 amide bonds. The zero-order valence-corrected chi connectivity index (χ0v) is 30.3. The fourth-order valence-corrected chi connectivity index (χ4v) is 8.76. The molecule has 0 spiro atoms. The Balaban J connectivity index is 1.06. The minimum Gasteiger partial charge on any atom is -0.456 e. The van der Waals surface area contributed by atoms with Crippen LogP contribution in [0.3, 0.4) is 0 Å². The van der Waals surface area contributed by atoms with E-state index in [0.717, 1.165) is 44.2 Å². The average molecular weight is 716 g/mol. The van der Waals surface area contributed by atoms with Crippen molar-refractivity contribution in [3.8, 4) is 56.4 Å². The summed E-state index contributed by atoms with van der Waals surface area (Å²) < 4.78 is 6.56. The second-order valence-corrected chi connectivity index (χ2v) is 14.3. The number of rotatable bonds is 6. The van der Waals surface area contributed by atoms with Crippen molar-refractivity contribution < 1.29 is 4.42 Å². The molecule has 0 aliphatic heterocycles. The average Bonchev–Trinajstić information content (AvgIpc) is 3.80. The minimum atomic E-state index is -0.455. The molecule has 0 atom stereocenters. The largest absolute Gasteiger partial charge is 0.456 e. The van der Waals surface area contributed by atoms with Gasteiger partial charge in [0.05, 0.1) is 5.41 Å². The zero-order valence-electron chi connectivity index (χ0n) is 30.3. The van der Waals surface area contributed by atoms with Gasteiger partial charge in [-0.3, -0.25) is 0 Å². The van der Waals surface area contributed by atoms with Crippen LogP contribution in [0.4, 0.5) is 0 Å². The first-order valence-electron chi connectivity index (χ1n) is 18.9. The number of benzene rings is 8. The number of furan rings is 1. The van der Waals surface area contributed by atoms with E-state index in [9.17, 15) is 0 Å². The lowest BCUT2D eigenvalue weighted by Gasteiger charge is -2.34. The van der Waals surface area contributed by atoms with Gasteiger partial charge in [0, 0.05) is 27.5 Å². The smallest absolute Gasteiger partial charge is 0.164 e. The standard InChI is InChI=1S/C52H33N3O/c1-5-16-34(17-6-1)49-53-50(35-18-7-2-8-19-35)55-51(54-49)37-28-30-41-43-32-36(29-31-46(43)56-47(41)33-37)40-25-15-27-45-48(40)42-24-13-14-26-44(42)52(45,38-20-9-3-10-21-38)39-22-11-4-12-23-39/h1-33H. The van der Waals surface area contributed by atoms with Gasteiger partial charge in [0.15, 0.2) is 17.5 Å². The lowest BCUT2D eigenvalue weighted by molar-refractivity contribution is 0.669. The summed E-state index contributed by atoms with van der Waals surface area (Å²) in [5.41, 5.74) is 13.9. The fourth-order valence-electron chi connectivity index (χ4n) is 8.76. The van der Waals surface area contributed by atoms with E-state index in [4.69, 9.17) is 19.4 Å². The molecule has 56 heavy (non-hydrogen) atoms. The predicted molar refractivity (Wildman–Crippen MR) is 226 cm³/mol. The quantitative estimate of drug-likeness (QED) is 0.172. The summed E-state index contributed by atoms with van der Waals surface area (Å²) in [5.74, 6) is 1.85. The molecule has 0 unspecified atom stereocenters. The molecule has 0 bridgehead atoms. The normalized spacial score (nSPS) is 12.8. The van der Waals surface area contributed by atoms with E-state index in [1.165, 1.54) is 38.9 Å². The molecule has 8 aromatic carbocycles. The van der Waals surface area contributed by atoms with Gasteiger partial charge < -0.3 is 4.42 Å². The van der Waals surface area contributed by atoms with E-state index in [0.29, 0.717) is 17.5 Å². The van der Waals surface area contributed by atoms with Gasteiger partial charge in [-0.2, -0.15) is 0 Å². The molecule has 0 N–H and O–H groups in total. The van der Waals surface area contributed by atoms with Crippen molar-refractivity contribution in [2.24, 2.45) is 0 Å². The van der Waals surface area contributed by atoms with Crippen molar-refractivity contribution in [3.63, 3.8) is 0 Å². The summed E-state index contributed by atoms with van der Waals surface area (Å²) in [6.07, 6.45) is 0. The Labute approximate surface area is 324 Å². The summed E-state index contributed by atoms with van der Waals surface area (Å²) in [4.78, 5) is 14.8. The van der Waals surface area contributed by atoms with Crippen LogP contribution in [0.2, 0.25) is 0 Å². The number of hydrogen-bond acceptors (Lipinski definition) is 4. The van der Waals surface area contributed by atoms with E-state index >= 15 is 0 Å². The van der Waals surface area contributed by atoms with Crippen molar-refractivity contribution in [2.45, 2.75) is 5.41 Å². The third kappa shape index (κ3) is 4.96. The second-order valence-electron chi connectivity index (χ2n) is 14.3. The van der Waals surface area contributed by atoms with Gasteiger partial charge in [-0.15, -0.1) is 0 Å². The molecule has 0 saturated heterocycles. The molecule has 4 heteroatoms. The Hall–Kier alpha value is -7.43. The molecule has 11 rings (SSSR count). The number of nitrogens with zero attached hydrogens (tertiary/aromatic N) is 3. The molecule has 0 fully saturated rings. The van der Waals surface area contributed by atoms with Crippen molar-refractivity contribution in [3.05, 3.63) is 222 Å². The molecular formula is C52H33N3O. The van der Waals surface area contributed by atoms with Crippen molar-refractivity contribution in [2.75, 3.05) is 0 Å². The second kappa shape index (κ2) is 12.9. The van der Waals surface area contributed by atoms with Gasteiger partial charge in [-0.1, -0.05) is 176 Å². The number of fused-ring (bicyclic) bond motifs is 6. The van der Waals surface area contributed by atoms with Gasteiger partial charge in [0.25, 0.3) is 0 Å². The van der Waals surface area contributed by atoms with Gasteiger partial charge >= 0.3 is 0 Å². The Morgan fingerprint density at radius 1 is 0.339 bits per heavy atom. The molecule has 262 valence electrons. The Morgan fingerprint density at radius 3 is 1.50 bits per heavy atom. The molecule has 1 aliphatic rings. The first-order valence-corrected chi connectivity index (χ1v) is 18.9. The minimum absolute atomic E-state index is 0.455. The van der Waals surface area contributed by atoms with Gasteiger partial charge in [0.2, 0.25) is 0 Å². The lowest BCUT2D eigenvalue weighted by Crippen LogP contribution is -2.28. The van der Waals surface area contributed by atoms with Crippen LogP contribution >= 0.6 is 0 Å². The third-order valence-electron chi connectivity index (χ3n) is 11.2. The monoisotopic (exact) mass is 715 g/mol. The van der Waals surface area contributed by atoms with E-state index in [1.54, 1.807) is 0 Å². The highest BCUT2D eigenvalue weighted by Gasteiger charge is 2.46. The van der Waals surface area contributed by atoms with Gasteiger partial charge in [0.1, 0.15) is 11.2 Å². The molecule has 1 aliphatic carbocycles. The van der Waals surface area contributed by atoms with Crippen LogP contribution in [0.25, 0.3) is 78.4 Å².